The molecule has 3 heteroatoms. The van der Waals surface area contributed by atoms with E-state index in [0.717, 1.165) is 16.3 Å². The largest absolute Gasteiger partial charge is 0.464 e. The van der Waals surface area contributed by atoms with Crippen LogP contribution in [0.15, 0.2) is 74.5 Å². The van der Waals surface area contributed by atoms with Gasteiger partial charge < -0.3 is 8.83 Å². The summed E-state index contributed by atoms with van der Waals surface area (Å²) in [4.78, 5) is 12.1. The maximum absolute atomic E-state index is 12.1. The third-order valence-electron chi connectivity index (χ3n) is 3.39. The molecule has 0 radical (unpaired) electrons. The second-order valence-corrected chi connectivity index (χ2v) is 4.66. The van der Waals surface area contributed by atoms with Gasteiger partial charge in [-0.05, 0) is 23.8 Å². The van der Waals surface area contributed by atoms with Crippen LogP contribution >= 0.6 is 0 Å². The van der Waals surface area contributed by atoms with Crippen LogP contribution in [0.5, 0.6) is 0 Å². The zero-order valence-corrected chi connectivity index (χ0v) is 10.5. The average Bonchev–Trinajstić information content (AvgIpc) is 2.92. The molecule has 2 heterocycles. The average molecular weight is 262 g/mol. The third-order valence-corrected chi connectivity index (χ3v) is 3.39. The number of fused-ring (bicyclic) bond motifs is 2. The fourth-order valence-corrected chi connectivity index (χ4v) is 2.40. The highest BCUT2D eigenvalue weighted by atomic mass is 16.4. The van der Waals surface area contributed by atoms with Crippen LogP contribution in [0, 0.1) is 0 Å². The Balaban J connectivity index is 2.05. The quantitative estimate of drug-likeness (QED) is 0.483. The van der Waals surface area contributed by atoms with Gasteiger partial charge in [-0.3, -0.25) is 0 Å². The Morgan fingerprint density at radius 1 is 0.800 bits per heavy atom. The zero-order chi connectivity index (χ0) is 13.5. The first kappa shape index (κ1) is 11.1. The molecule has 2 aromatic carbocycles. The maximum atomic E-state index is 12.1. The lowest BCUT2D eigenvalue weighted by Crippen LogP contribution is -2.02. The fourth-order valence-electron chi connectivity index (χ4n) is 2.40. The molecule has 4 rings (SSSR count). The minimum absolute atomic E-state index is 0.338. The van der Waals surface area contributed by atoms with Crippen molar-refractivity contribution >= 4 is 21.9 Å². The highest BCUT2D eigenvalue weighted by molar-refractivity contribution is 5.94. The van der Waals surface area contributed by atoms with Gasteiger partial charge in [0.25, 0.3) is 0 Å². The minimum Gasteiger partial charge on any atom is -0.464 e. The van der Waals surface area contributed by atoms with Gasteiger partial charge in [-0.15, -0.1) is 0 Å². The lowest BCUT2D eigenvalue weighted by molar-refractivity contribution is 0.561. The van der Waals surface area contributed by atoms with Crippen molar-refractivity contribution in [1.82, 2.24) is 0 Å². The Labute approximate surface area is 114 Å². The Morgan fingerprint density at radius 3 is 2.50 bits per heavy atom. The molecule has 4 aromatic rings. The Bertz CT molecular complexity index is 962. The standard InChI is InChI=1S/C17H10O3/c18-17-14(11-4-2-1-3-5-11)9-13-8-12-6-7-19-15(12)10-16(13)20-17/h1-10H. The molecule has 0 saturated heterocycles. The molecule has 0 spiro atoms. The molecule has 0 aliphatic heterocycles. The molecule has 0 fully saturated rings. The third kappa shape index (κ3) is 1.64. The topological polar surface area (TPSA) is 43.4 Å². The van der Waals surface area contributed by atoms with Crippen LogP contribution in [-0.4, -0.2) is 0 Å². The van der Waals surface area contributed by atoms with Crippen LogP contribution in [0.25, 0.3) is 33.1 Å². The summed E-state index contributed by atoms with van der Waals surface area (Å²) in [5.74, 6) is 0. The van der Waals surface area contributed by atoms with Gasteiger partial charge in [-0.25, -0.2) is 4.79 Å². The molecular formula is C17H10O3. The van der Waals surface area contributed by atoms with Crippen molar-refractivity contribution in [2.45, 2.75) is 0 Å². The molecule has 0 saturated carbocycles. The van der Waals surface area contributed by atoms with Gasteiger partial charge in [0.1, 0.15) is 11.2 Å². The first-order valence-electron chi connectivity index (χ1n) is 6.32. The van der Waals surface area contributed by atoms with Gasteiger partial charge in [0, 0.05) is 16.8 Å². The van der Waals surface area contributed by atoms with Crippen LogP contribution < -0.4 is 5.63 Å². The van der Waals surface area contributed by atoms with E-state index in [4.69, 9.17) is 8.83 Å². The van der Waals surface area contributed by atoms with E-state index in [2.05, 4.69) is 0 Å². The van der Waals surface area contributed by atoms with E-state index < -0.39 is 0 Å². The summed E-state index contributed by atoms with van der Waals surface area (Å²) in [7, 11) is 0. The molecule has 0 amide bonds. The molecule has 0 aliphatic rings. The summed E-state index contributed by atoms with van der Waals surface area (Å²) < 4.78 is 10.7. The second kappa shape index (κ2) is 4.10. The summed E-state index contributed by atoms with van der Waals surface area (Å²) in [6, 6.07) is 17.0. The molecule has 0 atom stereocenters. The summed E-state index contributed by atoms with van der Waals surface area (Å²) >= 11 is 0. The second-order valence-electron chi connectivity index (χ2n) is 4.66. The first-order valence-corrected chi connectivity index (χ1v) is 6.32. The Kier molecular flexibility index (Phi) is 2.27. The van der Waals surface area contributed by atoms with Crippen LogP contribution in [0.2, 0.25) is 0 Å². The van der Waals surface area contributed by atoms with Gasteiger partial charge in [-0.2, -0.15) is 0 Å². The van der Waals surface area contributed by atoms with Crippen LogP contribution in [0.4, 0.5) is 0 Å². The van der Waals surface area contributed by atoms with Gasteiger partial charge in [0.2, 0.25) is 0 Å². The van der Waals surface area contributed by atoms with Crippen molar-refractivity contribution in [3.63, 3.8) is 0 Å². The molecule has 20 heavy (non-hydrogen) atoms. The predicted octanol–water partition coefficient (Wildman–Crippen LogP) is 4.21. The van der Waals surface area contributed by atoms with Crippen molar-refractivity contribution in [2.75, 3.05) is 0 Å². The lowest BCUT2D eigenvalue weighted by atomic mass is 10.1. The van der Waals surface area contributed by atoms with E-state index >= 15 is 0 Å². The van der Waals surface area contributed by atoms with Crippen LogP contribution in [0.3, 0.4) is 0 Å². The summed E-state index contributed by atoms with van der Waals surface area (Å²) in [6.07, 6.45) is 1.62. The number of hydrogen-bond donors (Lipinski definition) is 0. The lowest BCUT2D eigenvalue weighted by Gasteiger charge is -2.02. The van der Waals surface area contributed by atoms with Gasteiger partial charge >= 0.3 is 5.63 Å². The normalized spacial score (nSPS) is 11.2. The zero-order valence-electron chi connectivity index (χ0n) is 10.5. The first-order chi connectivity index (χ1) is 9.81. The number of hydrogen-bond acceptors (Lipinski definition) is 3. The fraction of sp³-hybridized carbons (Fsp3) is 0. The maximum Gasteiger partial charge on any atom is 0.344 e. The molecule has 96 valence electrons. The molecule has 0 aliphatic carbocycles. The van der Waals surface area contributed by atoms with E-state index in [-0.39, 0.29) is 5.63 Å². The smallest absolute Gasteiger partial charge is 0.344 e. The van der Waals surface area contributed by atoms with Crippen molar-refractivity contribution in [1.29, 1.82) is 0 Å². The highest BCUT2D eigenvalue weighted by Gasteiger charge is 2.09. The predicted molar refractivity (Wildman–Crippen MR) is 77.7 cm³/mol. The molecule has 2 aromatic heterocycles. The SMILES string of the molecule is O=c1oc2cc3occc3cc2cc1-c1ccccc1. The molecule has 3 nitrogen and oxygen atoms in total. The summed E-state index contributed by atoms with van der Waals surface area (Å²) in [5.41, 5.74) is 2.34. The van der Waals surface area contributed by atoms with E-state index in [1.165, 1.54) is 0 Å². The van der Waals surface area contributed by atoms with Crippen molar-refractivity contribution in [2.24, 2.45) is 0 Å². The minimum atomic E-state index is -0.338. The van der Waals surface area contributed by atoms with E-state index in [0.29, 0.717) is 16.7 Å². The van der Waals surface area contributed by atoms with Gasteiger partial charge in [0.15, 0.2) is 0 Å². The van der Waals surface area contributed by atoms with Crippen molar-refractivity contribution in [3.05, 3.63) is 71.3 Å². The van der Waals surface area contributed by atoms with Crippen molar-refractivity contribution in [3.8, 4) is 11.1 Å². The molecular weight excluding hydrogens is 252 g/mol. The number of benzene rings is 2. The number of furan rings is 1. The molecule has 0 N–H and O–H groups in total. The summed E-state index contributed by atoms with van der Waals surface area (Å²) in [6.45, 7) is 0. The summed E-state index contributed by atoms with van der Waals surface area (Å²) in [5, 5.41) is 1.88. The van der Waals surface area contributed by atoms with Gasteiger partial charge in [0.05, 0.1) is 11.8 Å². The Hall–Kier alpha value is -2.81. The van der Waals surface area contributed by atoms with E-state index in [9.17, 15) is 4.79 Å². The molecule has 0 unspecified atom stereocenters. The van der Waals surface area contributed by atoms with Crippen LogP contribution in [0.1, 0.15) is 0 Å². The van der Waals surface area contributed by atoms with Crippen molar-refractivity contribution < 1.29 is 8.83 Å². The molecule has 0 bridgehead atoms. The van der Waals surface area contributed by atoms with E-state index in [1.54, 1.807) is 12.3 Å². The monoisotopic (exact) mass is 262 g/mol. The van der Waals surface area contributed by atoms with E-state index in [1.807, 2.05) is 48.5 Å². The van der Waals surface area contributed by atoms with Gasteiger partial charge in [-0.1, -0.05) is 30.3 Å². The van der Waals surface area contributed by atoms with Crippen LogP contribution in [-0.2, 0) is 0 Å². The highest BCUT2D eigenvalue weighted by Crippen LogP contribution is 2.26. The Morgan fingerprint density at radius 2 is 1.65 bits per heavy atom. The number of rotatable bonds is 1.